The number of aryl methyl sites for hydroxylation is 1. The van der Waals surface area contributed by atoms with Crippen molar-refractivity contribution in [3.63, 3.8) is 0 Å². The van der Waals surface area contributed by atoms with Crippen molar-refractivity contribution in [1.82, 2.24) is 4.90 Å². The van der Waals surface area contributed by atoms with Crippen LogP contribution in [0.15, 0.2) is 22.7 Å². The Labute approximate surface area is 106 Å². The van der Waals surface area contributed by atoms with Crippen molar-refractivity contribution in [2.45, 2.75) is 26.0 Å². The molecular formula is C13H18BrNO. The van der Waals surface area contributed by atoms with Crippen LogP contribution >= 0.6 is 15.9 Å². The molecule has 1 saturated heterocycles. The first-order chi connectivity index (χ1) is 7.69. The molecule has 2 rings (SSSR count). The minimum atomic E-state index is 0.421. The molecule has 0 bridgehead atoms. The Bertz CT molecular complexity index is 367. The Balaban J connectivity index is 1.99. The van der Waals surface area contributed by atoms with Crippen LogP contribution in [0.4, 0.5) is 0 Å². The van der Waals surface area contributed by atoms with Gasteiger partial charge in [-0.3, -0.25) is 4.90 Å². The fourth-order valence-electron chi connectivity index (χ4n) is 2.15. The minimum absolute atomic E-state index is 0.421. The molecule has 1 fully saturated rings. The van der Waals surface area contributed by atoms with Crippen LogP contribution in [0.2, 0.25) is 0 Å². The zero-order valence-corrected chi connectivity index (χ0v) is 11.5. The van der Waals surface area contributed by atoms with Crippen molar-refractivity contribution < 1.29 is 4.74 Å². The zero-order chi connectivity index (χ0) is 11.5. The molecule has 2 nitrogen and oxygen atoms in total. The SMILES string of the molecule is COC1CCN(Cc2ccc(C)cc2Br)C1. The Hall–Kier alpha value is -0.380. The largest absolute Gasteiger partial charge is 0.380 e. The third-order valence-corrected chi connectivity index (χ3v) is 3.90. The predicted octanol–water partition coefficient (Wildman–Crippen LogP) is 2.98. The summed E-state index contributed by atoms with van der Waals surface area (Å²) in [5.41, 5.74) is 2.66. The average Bonchev–Trinajstić information content (AvgIpc) is 2.70. The summed E-state index contributed by atoms with van der Waals surface area (Å²) in [5.74, 6) is 0. The number of ether oxygens (including phenoxy) is 1. The first-order valence-corrected chi connectivity index (χ1v) is 6.48. The molecule has 0 spiro atoms. The minimum Gasteiger partial charge on any atom is -0.380 e. The fourth-order valence-corrected chi connectivity index (χ4v) is 2.77. The number of methoxy groups -OCH3 is 1. The van der Waals surface area contributed by atoms with E-state index in [1.165, 1.54) is 15.6 Å². The van der Waals surface area contributed by atoms with Crippen molar-refractivity contribution in [3.8, 4) is 0 Å². The lowest BCUT2D eigenvalue weighted by molar-refractivity contribution is 0.107. The summed E-state index contributed by atoms with van der Waals surface area (Å²) in [4.78, 5) is 2.45. The van der Waals surface area contributed by atoms with Crippen molar-refractivity contribution >= 4 is 15.9 Å². The average molecular weight is 284 g/mol. The quantitative estimate of drug-likeness (QED) is 0.846. The number of rotatable bonds is 3. The second-order valence-electron chi connectivity index (χ2n) is 4.48. The molecule has 1 unspecified atom stereocenters. The molecule has 0 aromatic heterocycles. The predicted molar refractivity (Wildman–Crippen MR) is 69.6 cm³/mol. The Morgan fingerprint density at radius 3 is 2.94 bits per heavy atom. The van der Waals surface area contributed by atoms with Crippen molar-refractivity contribution in [3.05, 3.63) is 33.8 Å². The molecule has 0 saturated carbocycles. The van der Waals surface area contributed by atoms with E-state index in [-0.39, 0.29) is 0 Å². The summed E-state index contributed by atoms with van der Waals surface area (Å²) < 4.78 is 6.59. The molecule has 1 heterocycles. The van der Waals surface area contributed by atoms with E-state index in [4.69, 9.17) is 4.74 Å². The lowest BCUT2D eigenvalue weighted by Crippen LogP contribution is -2.22. The summed E-state index contributed by atoms with van der Waals surface area (Å²) in [6.45, 7) is 5.32. The smallest absolute Gasteiger partial charge is 0.0710 e. The first kappa shape index (κ1) is 12.1. The van der Waals surface area contributed by atoms with Crippen molar-refractivity contribution in [2.24, 2.45) is 0 Å². The van der Waals surface area contributed by atoms with Crippen LogP contribution in [0, 0.1) is 6.92 Å². The molecule has 1 aliphatic heterocycles. The number of benzene rings is 1. The maximum atomic E-state index is 5.38. The summed E-state index contributed by atoms with van der Waals surface area (Å²) >= 11 is 3.63. The van der Waals surface area contributed by atoms with Gasteiger partial charge in [0.05, 0.1) is 6.10 Å². The van der Waals surface area contributed by atoms with Crippen LogP contribution in [0.3, 0.4) is 0 Å². The third kappa shape index (κ3) is 2.84. The van der Waals surface area contributed by atoms with Gasteiger partial charge in [0.15, 0.2) is 0 Å². The highest BCUT2D eigenvalue weighted by molar-refractivity contribution is 9.10. The maximum Gasteiger partial charge on any atom is 0.0710 e. The molecule has 1 atom stereocenters. The maximum absolute atomic E-state index is 5.38. The van der Waals surface area contributed by atoms with E-state index >= 15 is 0 Å². The molecule has 88 valence electrons. The summed E-state index contributed by atoms with van der Waals surface area (Å²) in [7, 11) is 1.80. The standard InChI is InChI=1S/C13H18BrNO/c1-10-3-4-11(13(14)7-10)8-15-6-5-12(9-15)16-2/h3-4,7,12H,5-6,8-9H2,1-2H3. The van der Waals surface area contributed by atoms with E-state index in [1.807, 2.05) is 0 Å². The van der Waals surface area contributed by atoms with Gasteiger partial charge in [0.1, 0.15) is 0 Å². The van der Waals surface area contributed by atoms with E-state index in [2.05, 4.69) is 46.0 Å². The summed E-state index contributed by atoms with van der Waals surface area (Å²) in [5, 5.41) is 0. The van der Waals surface area contributed by atoms with Crippen molar-refractivity contribution in [1.29, 1.82) is 0 Å². The normalized spacial score (nSPS) is 21.6. The highest BCUT2D eigenvalue weighted by atomic mass is 79.9. The molecule has 0 N–H and O–H groups in total. The highest BCUT2D eigenvalue weighted by Crippen LogP contribution is 2.22. The van der Waals surface area contributed by atoms with Crippen molar-refractivity contribution in [2.75, 3.05) is 20.2 Å². The van der Waals surface area contributed by atoms with Gasteiger partial charge in [-0.1, -0.05) is 28.1 Å². The number of nitrogens with zero attached hydrogens (tertiary/aromatic N) is 1. The van der Waals surface area contributed by atoms with Crippen LogP contribution in [0.1, 0.15) is 17.5 Å². The lowest BCUT2D eigenvalue weighted by Gasteiger charge is -2.16. The number of hydrogen-bond donors (Lipinski definition) is 0. The van der Waals surface area contributed by atoms with Crippen LogP contribution < -0.4 is 0 Å². The molecule has 0 amide bonds. The Morgan fingerprint density at radius 1 is 1.50 bits per heavy atom. The van der Waals surface area contributed by atoms with Gasteiger partial charge in [-0.25, -0.2) is 0 Å². The third-order valence-electron chi connectivity index (χ3n) is 3.16. The van der Waals surface area contributed by atoms with E-state index < -0.39 is 0 Å². The summed E-state index contributed by atoms with van der Waals surface area (Å²) in [6, 6.07) is 6.56. The fraction of sp³-hybridized carbons (Fsp3) is 0.538. The molecule has 16 heavy (non-hydrogen) atoms. The van der Waals surface area contributed by atoms with Gasteiger partial charge in [-0.15, -0.1) is 0 Å². The van der Waals surface area contributed by atoms with Crippen LogP contribution in [-0.2, 0) is 11.3 Å². The number of likely N-dealkylation sites (tertiary alicyclic amines) is 1. The van der Waals surface area contributed by atoms with Gasteiger partial charge >= 0.3 is 0 Å². The van der Waals surface area contributed by atoms with Gasteiger partial charge < -0.3 is 4.74 Å². The Kier molecular flexibility index (Phi) is 4.00. The molecule has 1 aromatic carbocycles. The van der Waals surface area contributed by atoms with E-state index in [0.717, 1.165) is 26.1 Å². The summed E-state index contributed by atoms with van der Waals surface area (Å²) in [6.07, 6.45) is 1.57. The topological polar surface area (TPSA) is 12.5 Å². The van der Waals surface area contributed by atoms with Crippen LogP contribution in [0.25, 0.3) is 0 Å². The second kappa shape index (κ2) is 5.30. The van der Waals surface area contributed by atoms with E-state index in [1.54, 1.807) is 7.11 Å². The first-order valence-electron chi connectivity index (χ1n) is 5.69. The van der Waals surface area contributed by atoms with E-state index in [9.17, 15) is 0 Å². The highest BCUT2D eigenvalue weighted by Gasteiger charge is 2.22. The second-order valence-corrected chi connectivity index (χ2v) is 5.33. The monoisotopic (exact) mass is 283 g/mol. The molecule has 0 aliphatic carbocycles. The molecular weight excluding hydrogens is 266 g/mol. The Morgan fingerprint density at radius 2 is 2.31 bits per heavy atom. The molecule has 3 heteroatoms. The van der Waals surface area contributed by atoms with Gasteiger partial charge in [-0.05, 0) is 30.5 Å². The lowest BCUT2D eigenvalue weighted by atomic mass is 10.1. The van der Waals surface area contributed by atoms with E-state index in [0.29, 0.717) is 6.10 Å². The van der Waals surface area contributed by atoms with Crippen LogP contribution in [-0.4, -0.2) is 31.2 Å². The molecule has 0 radical (unpaired) electrons. The van der Waals surface area contributed by atoms with Gasteiger partial charge in [0.2, 0.25) is 0 Å². The number of halogens is 1. The van der Waals surface area contributed by atoms with Crippen LogP contribution in [0.5, 0.6) is 0 Å². The molecule has 1 aliphatic rings. The number of hydrogen-bond acceptors (Lipinski definition) is 2. The molecule has 1 aromatic rings. The van der Waals surface area contributed by atoms with Gasteiger partial charge in [0.25, 0.3) is 0 Å². The van der Waals surface area contributed by atoms with Gasteiger partial charge in [0, 0.05) is 31.2 Å². The zero-order valence-electron chi connectivity index (χ0n) is 9.87. The van der Waals surface area contributed by atoms with Gasteiger partial charge in [-0.2, -0.15) is 0 Å².